The van der Waals surface area contributed by atoms with Crippen LogP contribution in [0, 0.1) is 0 Å². The van der Waals surface area contributed by atoms with Crippen LogP contribution in [0.2, 0.25) is 5.02 Å². The van der Waals surface area contributed by atoms with Crippen LogP contribution in [0.25, 0.3) is 0 Å². The number of hydrogen-bond acceptors (Lipinski definition) is 2. The highest BCUT2D eigenvalue weighted by Gasteiger charge is 2.38. The summed E-state index contributed by atoms with van der Waals surface area (Å²) in [5.41, 5.74) is -0.957. The second kappa shape index (κ2) is 4.38. The van der Waals surface area contributed by atoms with Crippen LogP contribution in [0.1, 0.15) is 30.0 Å². The molecule has 2 nitrogen and oxygen atoms in total. The fourth-order valence-corrected chi connectivity index (χ4v) is 2.28. The fourth-order valence-electron chi connectivity index (χ4n) is 2.11. The minimum atomic E-state index is -4.48. The third-order valence-corrected chi connectivity index (χ3v) is 3.19. The Morgan fingerprint density at radius 1 is 1.35 bits per heavy atom. The second-order valence-corrected chi connectivity index (χ2v) is 4.41. The van der Waals surface area contributed by atoms with Gasteiger partial charge >= 0.3 is 6.18 Å². The normalized spacial score (nSPS) is 20.8. The highest BCUT2D eigenvalue weighted by molar-refractivity contribution is 6.32. The molecule has 1 saturated heterocycles. The molecule has 0 radical (unpaired) electrons. The van der Waals surface area contributed by atoms with Gasteiger partial charge in [0.25, 0.3) is 0 Å². The van der Waals surface area contributed by atoms with Crippen molar-refractivity contribution in [3.8, 4) is 5.75 Å². The third-order valence-electron chi connectivity index (χ3n) is 2.88. The number of benzene rings is 1. The Hall–Kier alpha value is -0.940. The van der Waals surface area contributed by atoms with Crippen LogP contribution in [0.3, 0.4) is 0 Å². The quantitative estimate of drug-likeness (QED) is 0.815. The lowest BCUT2D eigenvalue weighted by Crippen LogP contribution is -2.18. The van der Waals surface area contributed by atoms with Crippen molar-refractivity contribution in [3.63, 3.8) is 0 Å². The molecule has 2 rings (SSSR count). The molecule has 1 aromatic carbocycles. The number of rotatable bonds is 1. The summed E-state index contributed by atoms with van der Waals surface area (Å²) in [6.07, 6.45) is -3.13. The topological polar surface area (TPSA) is 32.3 Å². The SMILES string of the molecule is Oc1c(Cl)ccc(C(F)(F)F)c1[C@H]1CCCN1. The summed E-state index contributed by atoms with van der Waals surface area (Å²) in [4.78, 5) is 0. The number of aromatic hydroxyl groups is 1. The maximum absolute atomic E-state index is 12.8. The van der Waals surface area contributed by atoms with Crippen LogP contribution in [0.5, 0.6) is 5.75 Å². The fraction of sp³-hybridized carbons (Fsp3) is 0.455. The molecule has 0 aromatic heterocycles. The van der Waals surface area contributed by atoms with Gasteiger partial charge in [-0.3, -0.25) is 0 Å². The smallest absolute Gasteiger partial charge is 0.416 e. The minimum absolute atomic E-state index is 0.0540. The summed E-state index contributed by atoms with van der Waals surface area (Å²) in [6, 6.07) is 1.50. The number of alkyl halides is 3. The van der Waals surface area contributed by atoms with Gasteiger partial charge in [0, 0.05) is 11.6 Å². The molecule has 0 unspecified atom stereocenters. The second-order valence-electron chi connectivity index (χ2n) is 4.00. The van der Waals surface area contributed by atoms with Crippen molar-refractivity contribution in [2.75, 3.05) is 6.54 Å². The maximum Gasteiger partial charge on any atom is 0.416 e. The number of nitrogens with one attached hydrogen (secondary N) is 1. The number of phenols is 1. The van der Waals surface area contributed by atoms with Crippen LogP contribution in [-0.2, 0) is 6.18 Å². The highest BCUT2D eigenvalue weighted by Crippen LogP contribution is 2.43. The lowest BCUT2D eigenvalue weighted by Gasteiger charge is -2.19. The molecule has 1 atom stereocenters. The van der Waals surface area contributed by atoms with Crippen molar-refractivity contribution in [1.29, 1.82) is 0 Å². The molecule has 1 fully saturated rings. The number of phenolic OH excluding ortho intramolecular Hbond substituents is 1. The van der Waals surface area contributed by atoms with Gasteiger partial charge in [0.05, 0.1) is 10.6 Å². The first-order chi connectivity index (χ1) is 7.91. The molecule has 0 bridgehead atoms. The molecule has 0 saturated carbocycles. The van der Waals surface area contributed by atoms with E-state index in [4.69, 9.17) is 11.6 Å². The van der Waals surface area contributed by atoms with E-state index >= 15 is 0 Å². The third kappa shape index (κ3) is 2.35. The van der Waals surface area contributed by atoms with Crippen LogP contribution in [0.4, 0.5) is 13.2 Å². The van der Waals surface area contributed by atoms with Gasteiger partial charge in [-0.2, -0.15) is 13.2 Å². The van der Waals surface area contributed by atoms with Gasteiger partial charge in [0.15, 0.2) is 0 Å². The van der Waals surface area contributed by atoms with Gasteiger partial charge in [-0.1, -0.05) is 11.6 Å². The zero-order valence-corrected chi connectivity index (χ0v) is 9.57. The summed E-state index contributed by atoms with van der Waals surface area (Å²) >= 11 is 5.67. The lowest BCUT2D eigenvalue weighted by molar-refractivity contribution is -0.138. The van der Waals surface area contributed by atoms with Crippen LogP contribution in [0.15, 0.2) is 12.1 Å². The summed E-state index contributed by atoms with van der Waals surface area (Å²) in [5.74, 6) is -0.471. The lowest BCUT2D eigenvalue weighted by atomic mass is 9.97. The Bertz CT molecular complexity index is 427. The molecule has 17 heavy (non-hydrogen) atoms. The predicted molar refractivity (Wildman–Crippen MR) is 58.1 cm³/mol. The van der Waals surface area contributed by atoms with Gasteiger partial charge in [-0.25, -0.2) is 0 Å². The highest BCUT2D eigenvalue weighted by atomic mass is 35.5. The van der Waals surface area contributed by atoms with E-state index in [9.17, 15) is 18.3 Å². The average Bonchev–Trinajstić information content (AvgIpc) is 2.73. The van der Waals surface area contributed by atoms with Crippen molar-refractivity contribution < 1.29 is 18.3 Å². The van der Waals surface area contributed by atoms with Gasteiger partial charge in [-0.15, -0.1) is 0 Å². The Morgan fingerprint density at radius 3 is 2.59 bits per heavy atom. The van der Waals surface area contributed by atoms with Crippen LogP contribution < -0.4 is 5.32 Å². The molecular formula is C11H11ClF3NO. The summed E-state index contributed by atoms with van der Waals surface area (Å²) in [7, 11) is 0. The first-order valence-electron chi connectivity index (χ1n) is 5.23. The van der Waals surface area contributed by atoms with Gasteiger partial charge in [-0.05, 0) is 31.5 Å². The molecule has 1 aliphatic rings. The molecule has 6 heteroatoms. The van der Waals surface area contributed by atoms with E-state index in [2.05, 4.69) is 5.32 Å². The summed E-state index contributed by atoms with van der Waals surface area (Å²) in [5, 5.41) is 12.6. The standard InChI is InChI=1S/C11H11ClF3NO/c12-7-4-3-6(11(13,14)15)9(10(7)17)8-2-1-5-16-8/h3-4,8,16-17H,1-2,5H2/t8-/m1/s1. The van der Waals surface area contributed by atoms with Crippen molar-refractivity contribution in [3.05, 3.63) is 28.3 Å². The van der Waals surface area contributed by atoms with E-state index < -0.39 is 23.5 Å². The molecule has 1 heterocycles. The monoisotopic (exact) mass is 265 g/mol. The van der Waals surface area contributed by atoms with Gasteiger partial charge in [0.1, 0.15) is 5.75 Å². The molecule has 2 N–H and O–H groups in total. The number of hydrogen-bond donors (Lipinski definition) is 2. The largest absolute Gasteiger partial charge is 0.506 e. The number of halogens is 4. The molecule has 94 valence electrons. The van der Waals surface area contributed by atoms with E-state index in [1.807, 2.05) is 0 Å². The summed E-state index contributed by atoms with van der Waals surface area (Å²) < 4.78 is 38.5. The van der Waals surface area contributed by atoms with E-state index in [1.54, 1.807) is 0 Å². The average molecular weight is 266 g/mol. The Morgan fingerprint density at radius 2 is 2.06 bits per heavy atom. The predicted octanol–water partition coefficient (Wildman–Crippen LogP) is 3.49. The first-order valence-corrected chi connectivity index (χ1v) is 5.61. The van der Waals surface area contributed by atoms with E-state index in [1.165, 1.54) is 0 Å². The maximum atomic E-state index is 12.8. The first kappa shape index (κ1) is 12.5. The van der Waals surface area contributed by atoms with E-state index in [0.717, 1.165) is 18.6 Å². The van der Waals surface area contributed by atoms with Crippen molar-refractivity contribution in [2.45, 2.75) is 25.1 Å². The van der Waals surface area contributed by atoms with Gasteiger partial charge in [0.2, 0.25) is 0 Å². The van der Waals surface area contributed by atoms with Crippen molar-refractivity contribution in [1.82, 2.24) is 5.32 Å². The zero-order chi connectivity index (χ0) is 12.6. The van der Waals surface area contributed by atoms with Crippen molar-refractivity contribution >= 4 is 11.6 Å². The van der Waals surface area contributed by atoms with Gasteiger partial charge < -0.3 is 10.4 Å². The van der Waals surface area contributed by atoms with E-state index in [-0.39, 0.29) is 10.6 Å². The van der Waals surface area contributed by atoms with Crippen LogP contribution in [-0.4, -0.2) is 11.7 Å². The Labute approximate surface area is 101 Å². The molecule has 1 aliphatic heterocycles. The Balaban J connectivity index is 2.55. The summed E-state index contributed by atoms with van der Waals surface area (Å²) in [6.45, 7) is 0.647. The molecule has 0 aliphatic carbocycles. The molecule has 0 amide bonds. The zero-order valence-electron chi connectivity index (χ0n) is 8.81. The minimum Gasteiger partial charge on any atom is -0.506 e. The van der Waals surface area contributed by atoms with E-state index in [0.29, 0.717) is 13.0 Å². The molecular weight excluding hydrogens is 255 g/mol. The molecule has 0 spiro atoms. The Kier molecular flexibility index (Phi) is 3.23. The van der Waals surface area contributed by atoms with Crippen LogP contribution >= 0.6 is 11.6 Å². The molecule has 1 aromatic rings. The van der Waals surface area contributed by atoms with Crippen molar-refractivity contribution in [2.24, 2.45) is 0 Å².